The van der Waals surface area contributed by atoms with Gasteiger partial charge in [-0.25, -0.2) is 0 Å². The van der Waals surface area contributed by atoms with Crippen molar-refractivity contribution in [2.45, 2.75) is 20.0 Å². The van der Waals surface area contributed by atoms with Gasteiger partial charge in [0.2, 0.25) is 11.8 Å². The Hall–Kier alpha value is -3.68. The molecule has 34 heavy (non-hydrogen) atoms. The molecule has 0 bridgehead atoms. The van der Waals surface area contributed by atoms with E-state index >= 15 is 0 Å². The molecule has 0 saturated heterocycles. The number of likely N-dealkylation sites (N-methyl/N-ethyl adjacent to an activating group) is 1. The molecule has 0 fully saturated rings. The van der Waals surface area contributed by atoms with Gasteiger partial charge in [-0.1, -0.05) is 49.4 Å². The standard InChI is InChI=1S/C27H31N3O4/c1-3-30(18-27(33)29-24-13-11-23(12-14-24)28-20(2)31)17-25(32)19-34-26-15-9-22(10-16-26)21-7-5-4-6-8-21/h4-16,25,32H,3,17-19H2,1-2H3,(H,28,31)(H,29,33)/t25-/m0/s1. The van der Waals surface area contributed by atoms with E-state index in [1.807, 2.05) is 54.3 Å². The predicted octanol–water partition coefficient (Wildman–Crippen LogP) is 4.01. The minimum atomic E-state index is -0.738. The van der Waals surface area contributed by atoms with Crippen LogP contribution in [-0.2, 0) is 9.59 Å². The van der Waals surface area contributed by atoms with Crippen LogP contribution in [0.2, 0.25) is 0 Å². The highest BCUT2D eigenvalue weighted by Gasteiger charge is 2.15. The topological polar surface area (TPSA) is 90.9 Å². The smallest absolute Gasteiger partial charge is 0.238 e. The Morgan fingerprint density at radius 1 is 0.882 bits per heavy atom. The van der Waals surface area contributed by atoms with E-state index < -0.39 is 6.10 Å². The molecule has 0 spiro atoms. The number of benzene rings is 3. The van der Waals surface area contributed by atoms with Crippen molar-refractivity contribution in [3.05, 3.63) is 78.9 Å². The maximum absolute atomic E-state index is 12.4. The van der Waals surface area contributed by atoms with Crippen LogP contribution in [-0.4, -0.2) is 54.2 Å². The van der Waals surface area contributed by atoms with Crippen molar-refractivity contribution < 1.29 is 19.4 Å². The number of carbonyl (C=O) groups excluding carboxylic acids is 2. The molecule has 0 radical (unpaired) electrons. The van der Waals surface area contributed by atoms with Crippen molar-refractivity contribution in [1.82, 2.24) is 4.90 Å². The summed E-state index contributed by atoms with van der Waals surface area (Å²) in [7, 11) is 0. The van der Waals surface area contributed by atoms with Crippen molar-refractivity contribution >= 4 is 23.2 Å². The fraction of sp³-hybridized carbons (Fsp3) is 0.259. The van der Waals surface area contributed by atoms with Gasteiger partial charge in [0, 0.05) is 24.8 Å². The Balaban J connectivity index is 1.43. The summed E-state index contributed by atoms with van der Waals surface area (Å²) < 4.78 is 5.74. The average molecular weight is 462 g/mol. The number of aliphatic hydroxyl groups excluding tert-OH is 1. The van der Waals surface area contributed by atoms with Gasteiger partial charge in [-0.05, 0) is 54.1 Å². The number of nitrogens with zero attached hydrogens (tertiary/aromatic N) is 1. The molecule has 7 nitrogen and oxygen atoms in total. The van der Waals surface area contributed by atoms with Crippen molar-refractivity contribution in [3.8, 4) is 16.9 Å². The Kier molecular flexibility index (Phi) is 9.20. The van der Waals surface area contributed by atoms with Gasteiger partial charge < -0.3 is 20.5 Å². The molecule has 0 saturated carbocycles. The van der Waals surface area contributed by atoms with Crippen LogP contribution in [0.4, 0.5) is 11.4 Å². The van der Waals surface area contributed by atoms with Gasteiger partial charge in [0.25, 0.3) is 0 Å². The van der Waals surface area contributed by atoms with Crippen LogP contribution in [0, 0.1) is 0 Å². The largest absolute Gasteiger partial charge is 0.491 e. The number of ether oxygens (including phenoxy) is 1. The van der Waals surface area contributed by atoms with Crippen LogP contribution in [0.1, 0.15) is 13.8 Å². The fourth-order valence-electron chi connectivity index (χ4n) is 3.47. The first kappa shape index (κ1) is 25.0. The predicted molar refractivity (Wildman–Crippen MR) is 135 cm³/mol. The normalized spacial score (nSPS) is 11.6. The van der Waals surface area contributed by atoms with Crippen LogP contribution < -0.4 is 15.4 Å². The number of hydrogen-bond acceptors (Lipinski definition) is 5. The van der Waals surface area contributed by atoms with Gasteiger partial charge in [-0.3, -0.25) is 14.5 Å². The molecule has 2 amide bonds. The second-order valence-corrected chi connectivity index (χ2v) is 7.99. The molecule has 3 aromatic carbocycles. The molecule has 0 unspecified atom stereocenters. The maximum atomic E-state index is 12.4. The Morgan fingerprint density at radius 2 is 1.47 bits per heavy atom. The number of anilines is 2. The minimum Gasteiger partial charge on any atom is -0.491 e. The summed E-state index contributed by atoms with van der Waals surface area (Å²) in [5.41, 5.74) is 3.53. The second kappa shape index (κ2) is 12.5. The number of carbonyl (C=O) groups is 2. The highest BCUT2D eigenvalue weighted by molar-refractivity contribution is 5.93. The molecule has 0 aliphatic rings. The summed E-state index contributed by atoms with van der Waals surface area (Å²) in [5.74, 6) is 0.350. The molecule has 3 aromatic rings. The molecule has 0 heterocycles. The molecule has 178 valence electrons. The molecule has 0 aliphatic heterocycles. The number of hydrogen-bond donors (Lipinski definition) is 3. The van der Waals surface area contributed by atoms with Gasteiger partial charge in [0.05, 0.1) is 6.54 Å². The van der Waals surface area contributed by atoms with E-state index in [-0.39, 0.29) is 25.0 Å². The van der Waals surface area contributed by atoms with Crippen molar-refractivity contribution in [1.29, 1.82) is 0 Å². The van der Waals surface area contributed by atoms with E-state index in [1.54, 1.807) is 24.3 Å². The number of aliphatic hydroxyl groups is 1. The van der Waals surface area contributed by atoms with E-state index in [0.717, 1.165) is 11.1 Å². The molecular formula is C27H31N3O4. The third kappa shape index (κ3) is 8.03. The van der Waals surface area contributed by atoms with E-state index in [1.165, 1.54) is 6.92 Å². The highest BCUT2D eigenvalue weighted by Crippen LogP contribution is 2.22. The monoisotopic (exact) mass is 461 g/mol. The lowest BCUT2D eigenvalue weighted by atomic mass is 10.1. The molecule has 7 heteroatoms. The molecule has 1 atom stereocenters. The van der Waals surface area contributed by atoms with E-state index in [2.05, 4.69) is 22.8 Å². The second-order valence-electron chi connectivity index (χ2n) is 7.99. The van der Waals surface area contributed by atoms with Crippen LogP contribution in [0.15, 0.2) is 78.9 Å². The Labute approximate surface area is 200 Å². The molecule has 3 N–H and O–H groups in total. The number of amides is 2. The Bertz CT molecular complexity index is 1050. The lowest BCUT2D eigenvalue weighted by Crippen LogP contribution is -2.40. The number of nitrogens with one attached hydrogen (secondary N) is 2. The summed E-state index contributed by atoms with van der Waals surface area (Å²) in [5, 5.41) is 15.9. The zero-order valence-electron chi connectivity index (χ0n) is 19.5. The molecule has 0 aliphatic carbocycles. The van der Waals surface area contributed by atoms with E-state index in [4.69, 9.17) is 4.74 Å². The van der Waals surface area contributed by atoms with Crippen LogP contribution in [0.25, 0.3) is 11.1 Å². The quantitative estimate of drug-likeness (QED) is 0.401. The van der Waals surface area contributed by atoms with Crippen molar-refractivity contribution in [2.24, 2.45) is 0 Å². The first-order chi connectivity index (χ1) is 16.4. The third-order valence-corrected chi connectivity index (χ3v) is 5.18. The van der Waals surface area contributed by atoms with Gasteiger partial charge in [0.1, 0.15) is 18.5 Å². The molecule has 0 aromatic heterocycles. The lowest BCUT2D eigenvalue weighted by Gasteiger charge is -2.23. The first-order valence-electron chi connectivity index (χ1n) is 11.3. The number of rotatable bonds is 11. The third-order valence-electron chi connectivity index (χ3n) is 5.18. The zero-order valence-corrected chi connectivity index (χ0v) is 19.5. The van der Waals surface area contributed by atoms with Crippen molar-refractivity contribution in [2.75, 3.05) is 36.9 Å². The van der Waals surface area contributed by atoms with Crippen LogP contribution in [0.3, 0.4) is 0 Å². The summed E-state index contributed by atoms with van der Waals surface area (Å²) >= 11 is 0. The molecule has 3 rings (SSSR count). The lowest BCUT2D eigenvalue weighted by molar-refractivity contribution is -0.117. The van der Waals surface area contributed by atoms with Gasteiger partial charge in [-0.15, -0.1) is 0 Å². The van der Waals surface area contributed by atoms with Gasteiger partial charge >= 0.3 is 0 Å². The van der Waals surface area contributed by atoms with E-state index in [0.29, 0.717) is 30.2 Å². The van der Waals surface area contributed by atoms with Gasteiger partial charge in [0.15, 0.2) is 0 Å². The SMILES string of the molecule is CCN(CC(=O)Nc1ccc(NC(C)=O)cc1)C[C@H](O)COc1ccc(-c2ccccc2)cc1. The van der Waals surface area contributed by atoms with Gasteiger partial charge in [-0.2, -0.15) is 0 Å². The summed E-state index contributed by atoms with van der Waals surface area (Å²) in [6, 6.07) is 24.7. The van der Waals surface area contributed by atoms with Crippen LogP contribution >= 0.6 is 0 Å². The first-order valence-corrected chi connectivity index (χ1v) is 11.3. The highest BCUT2D eigenvalue weighted by atomic mass is 16.5. The van der Waals surface area contributed by atoms with Crippen molar-refractivity contribution in [3.63, 3.8) is 0 Å². The van der Waals surface area contributed by atoms with E-state index in [9.17, 15) is 14.7 Å². The zero-order chi connectivity index (χ0) is 24.3. The summed E-state index contributed by atoms with van der Waals surface area (Å²) in [6.45, 7) is 4.58. The van der Waals surface area contributed by atoms with Crippen LogP contribution in [0.5, 0.6) is 5.75 Å². The maximum Gasteiger partial charge on any atom is 0.238 e. The summed E-state index contributed by atoms with van der Waals surface area (Å²) in [6.07, 6.45) is -0.738. The summed E-state index contributed by atoms with van der Waals surface area (Å²) in [4.78, 5) is 25.4. The fourth-order valence-corrected chi connectivity index (χ4v) is 3.47. The minimum absolute atomic E-state index is 0.132. The molecular weight excluding hydrogens is 430 g/mol. The Morgan fingerprint density at radius 3 is 2.06 bits per heavy atom. The average Bonchev–Trinajstić information content (AvgIpc) is 2.84.